The number of nitrogens with one attached hydrogen (secondary N) is 1. The maximum Gasteiger partial charge on any atom is 0.168 e. The van der Waals surface area contributed by atoms with Gasteiger partial charge in [0.25, 0.3) is 0 Å². The number of rotatable bonds is 5. The van der Waals surface area contributed by atoms with Gasteiger partial charge in [-0.05, 0) is 38.1 Å². The third kappa shape index (κ3) is 3.04. The second-order valence-electron chi connectivity index (χ2n) is 4.47. The van der Waals surface area contributed by atoms with Gasteiger partial charge in [0.15, 0.2) is 5.78 Å². The van der Waals surface area contributed by atoms with E-state index in [1.54, 1.807) is 0 Å². The molecule has 1 N–H and O–H groups in total. The molecule has 2 heterocycles. The van der Waals surface area contributed by atoms with E-state index in [1.165, 1.54) is 12.1 Å². The molecule has 1 aliphatic rings. The van der Waals surface area contributed by atoms with Crippen LogP contribution in [0.15, 0.2) is 18.3 Å². The molecule has 1 unspecified atom stereocenters. The van der Waals surface area contributed by atoms with E-state index >= 15 is 0 Å². The molecule has 1 saturated heterocycles. The van der Waals surface area contributed by atoms with Crippen molar-refractivity contribution in [3.05, 3.63) is 24.1 Å². The Hall–Kier alpha value is -1.49. The normalized spacial score (nSPS) is 20.0. The molecule has 0 bridgehead atoms. The number of pyridine rings is 1. The second kappa shape index (κ2) is 5.91. The van der Waals surface area contributed by atoms with Crippen LogP contribution in [-0.2, 0) is 4.79 Å². The average molecular weight is 251 g/mol. The third-order valence-corrected chi connectivity index (χ3v) is 3.31. The summed E-state index contributed by atoms with van der Waals surface area (Å²) in [7, 11) is 0. The summed E-state index contributed by atoms with van der Waals surface area (Å²) in [6, 6.07) is 2.89. The monoisotopic (exact) mass is 251 g/mol. The van der Waals surface area contributed by atoms with Crippen LogP contribution in [0.2, 0.25) is 0 Å². The van der Waals surface area contributed by atoms with E-state index < -0.39 is 0 Å². The van der Waals surface area contributed by atoms with Crippen molar-refractivity contribution in [3.8, 4) is 0 Å². The predicted octanol–water partition coefficient (Wildman–Crippen LogP) is 1.69. The van der Waals surface area contributed by atoms with Crippen molar-refractivity contribution >= 4 is 11.6 Å². The van der Waals surface area contributed by atoms with Gasteiger partial charge in [-0.1, -0.05) is 6.92 Å². The molecular weight excluding hydrogens is 233 g/mol. The van der Waals surface area contributed by atoms with Crippen LogP contribution < -0.4 is 5.32 Å². The molecule has 18 heavy (non-hydrogen) atoms. The topological polar surface area (TPSA) is 45.2 Å². The molecule has 0 saturated carbocycles. The molecule has 1 atom stereocenters. The van der Waals surface area contributed by atoms with E-state index in [2.05, 4.69) is 22.1 Å². The van der Waals surface area contributed by atoms with Gasteiger partial charge < -0.3 is 5.32 Å². The Morgan fingerprint density at radius 1 is 1.61 bits per heavy atom. The minimum Gasteiger partial charge on any atom is -0.363 e. The van der Waals surface area contributed by atoms with E-state index in [9.17, 15) is 9.18 Å². The van der Waals surface area contributed by atoms with Crippen LogP contribution in [0.1, 0.15) is 19.8 Å². The summed E-state index contributed by atoms with van der Waals surface area (Å²) in [6.45, 7) is 4.23. The number of aromatic nitrogens is 1. The van der Waals surface area contributed by atoms with Gasteiger partial charge in [0.2, 0.25) is 0 Å². The maximum absolute atomic E-state index is 12.7. The number of anilines is 1. The van der Waals surface area contributed by atoms with Crippen LogP contribution >= 0.6 is 0 Å². The molecule has 0 radical (unpaired) electrons. The van der Waals surface area contributed by atoms with Crippen molar-refractivity contribution in [2.24, 2.45) is 0 Å². The molecule has 0 aromatic carbocycles. The van der Waals surface area contributed by atoms with Crippen LogP contribution in [0.4, 0.5) is 10.2 Å². The van der Waals surface area contributed by atoms with E-state index in [0.717, 1.165) is 32.1 Å². The van der Waals surface area contributed by atoms with Crippen LogP contribution in [0.5, 0.6) is 0 Å². The van der Waals surface area contributed by atoms with Crippen LogP contribution in [-0.4, -0.2) is 41.3 Å². The number of likely N-dealkylation sites (tertiary alicyclic amines) is 1. The summed E-state index contributed by atoms with van der Waals surface area (Å²) in [4.78, 5) is 18.1. The Balaban J connectivity index is 1.86. The van der Waals surface area contributed by atoms with Crippen molar-refractivity contribution in [2.75, 3.05) is 25.0 Å². The van der Waals surface area contributed by atoms with Gasteiger partial charge in [-0.2, -0.15) is 0 Å². The van der Waals surface area contributed by atoms with E-state index in [0.29, 0.717) is 5.82 Å². The van der Waals surface area contributed by atoms with Crippen molar-refractivity contribution < 1.29 is 9.18 Å². The van der Waals surface area contributed by atoms with Crippen molar-refractivity contribution in [3.63, 3.8) is 0 Å². The number of carbonyl (C=O) groups is 1. The first kappa shape index (κ1) is 13.0. The smallest absolute Gasteiger partial charge is 0.168 e. The first-order chi connectivity index (χ1) is 8.70. The molecule has 1 aromatic heterocycles. The number of hydrogen-bond donors (Lipinski definition) is 1. The minimum absolute atomic E-state index is 0.0305. The zero-order chi connectivity index (χ0) is 13.0. The summed E-state index contributed by atoms with van der Waals surface area (Å²) in [5, 5.41) is 2.94. The number of halogens is 1. The van der Waals surface area contributed by atoms with Gasteiger partial charge in [-0.15, -0.1) is 0 Å². The highest BCUT2D eigenvalue weighted by Gasteiger charge is 2.28. The zero-order valence-electron chi connectivity index (χ0n) is 10.5. The highest BCUT2D eigenvalue weighted by Crippen LogP contribution is 2.17. The molecule has 0 amide bonds. The minimum atomic E-state index is -0.375. The molecular formula is C13H18FN3O. The van der Waals surface area contributed by atoms with E-state index in [4.69, 9.17) is 0 Å². The summed E-state index contributed by atoms with van der Waals surface area (Å²) >= 11 is 0. The number of likely N-dealkylation sites (N-methyl/N-ethyl adjacent to an activating group) is 1. The van der Waals surface area contributed by atoms with Crippen LogP contribution in [0.25, 0.3) is 0 Å². The molecule has 4 nitrogen and oxygen atoms in total. The molecule has 0 spiro atoms. The largest absolute Gasteiger partial charge is 0.363 e. The van der Waals surface area contributed by atoms with Gasteiger partial charge in [-0.25, -0.2) is 9.37 Å². The lowest BCUT2D eigenvalue weighted by Gasteiger charge is -2.21. The quantitative estimate of drug-likeness (QED) is 0.865. The fraction of sp³-hybridized carbons (Fsp3) is 0.538. The second-order valence-corrected chi connectivity index (χ2v) is 4.47. The number of nitrogens with zero attached hydrogens (tertiary/aromatic N) is 2. The summed E-state index contributed by atoms with van der Waals surface area (Å²) in [5.41, 5.74) is 0. The number of ketones is 1. The fourth-order valence-corrected chi connectivity index (χ4v) is 2.35. The lowest BCUT2D eigenvalue weighted by Crippen LogP contribution is -2.38. The van der Waals surface area contributed by atoms with Gasteiger partial charge >= 0.3 is 0 Å². The zero-order valence-corrected chi connectivity index (χ0v) is 10.5. The van der Waals surface area contributed by atoms with Gasteiger partial charge in [-0.3, -0.25) is 9.69 Å². The van der Waals surface area contributed by atoms with E-state index in [1.807, 2.05) is 0 Å². The Morgan fingerprint density at radius 2 is 2.44 bits per heavy atom. The maximum atomic E-state index is 12.7. The van der Waals surface area contributed by atoms with Gasteiger partial charge in [0.1, 0.15) is 11.6 Å². The standard InChI is InChI=1S/C13H18FN3O/c1-2-17-7-3-4-11(17)12(18)9-16-13-6-5-10(14)8-15-13/h5-6,8,11H,2-4,7,9H2,1H3,(H,15,16). The Kier molecular flexibility index (Phi) is 4.25. The molecule has 5 heteroatoms. The molecule has 1 aliphatic heterocycles. The Labute approximate surface area is 106 Å². The number of hydrogen-bond acceptors (Lipinski definition) is 4. The van der Waals surface area contributed by atoms with Crippen LogP contribution in [0.3, 0.4) is 0 Å². The Morgan fingerprint density at radius 3 is 3.11 bits per heavy atom. The van der Waals surface area contributed by atoms with Crippen molar-refractivity contribution in [1.29, 1.82) is 0 Å². The van der Waals surface area contributed by atoms with Crippen molar-refractivity contribution in [2.45, 2.75) is 25.8 Å². The highest BCUT2D eigenvalue weighted by atomic mass is 19.1. The number of carbonyl (C=O) groups excluding carboxylic acids is 1. The average Bonchev–Trinajstić information content (AvgIpc) is 2.86. The number of Topliss-reactive ketones (excluding diaryl/α,β-unsaturated/α-hetero) is 1. The summed E-state index contributed by atoms with van der Waals surface area (Å²) < 4.78 is 12.7. The molecule has 1 fully saturated rings. The van der Waals surface area contributed by atoms with Crippen LogP contribution in [0, 0.1) is 5.82 Å². The van der Waals surface area contributed by atoms with Gasteiger partial charge in [0.05, 0.1) is 18.8 Å². The predicted molar refractivity (Wildman–Crippen MR) is 68.0 cm³/mol. The Bertz CT molecular complexity index is 407. The lowest BCUT2D eigenvalue weighted by atomic mass is 10.1. The van der Waals surface area contributed by atoms with E-state index in [-0.39, 0.29) is 24.2 Å². The SMILES string of the molecule is CCN1CCCC1C(=O)CNc1ccc(F)cn1. The fourth-order valence-electron chi connectivity index (χ4n) is 2.35. The summed E-state index contributed by atoms with van der Waals surface area (Å²) in [6.07, 6.45) is 3.16. The first-order valence-electron chi connectivity index (χ1n) is 6.33. The summed E-state index contributed by atoms with van der Waals surface area (Å²) in [5.74, 6) is 0.339. The lowest BCUT2D eigenvalue weighted by molar-refractivity contribution is -0.121. The molecule has 0 aliphatic carbocycles. The van der Waals surface area contributed by atoms with Crippen molar-refractivity contribution in [1.82, 2.24) is 9.88 Å². The first-order valence-corrected chi connectivity index (χ1v) is 6.33. The molecule has 2 rings (SSSR count). The van der Waals surface area contributed by atoms with Gasteiger partial charge in [0, 0.05) is 0 Å². The highest BCUT2D eigenvalue weighted by molar-refractivity contribution is 5.87. The molecule has 1 aromatic rings. The molecule has 98 valence electrons. The third-order valence-electron chi connectivity index (χ3n) is 3.31.